The summed E-state index contributed by atoms with van der Waals surface area (Å²) >= 11 is 0. The van der Waals surface area contributed by atoms with Crippen LogP contribution in [0.25, 0.3) is 21.7 Å². The Balaban J connectivity index is 1.41. The van der Waals surface area contributed by atoms with Crippen LogP contribution in [0.1, 0.15) is 22.7 Å². The minimum Gasteiger partial charge on any atom is -0.445 e. The number of esters is 1. The third-order valence-electron chi connectivity index (χ3n) is 6.04. The molecule has 1 atom stereocenters. The Morgan fingerprint density at radius 2 is 1.46 bits per heavy atom. The van der Waals surface area contributed by atoms with Crippen LogP contribution in [0.3, 0.4) is 0 Å². The summed E-state index contributed by atoms with van der Waals surface area (Å²) in [6, 6.07) is 27.4. The lowest BCUT2D eigenvalue weighted by Gasteiger charge is -2.19. The van der Waals surface area contributed by atoms with E-state index in [0.717, 1.165) is 16.3 Å². The van der Waals surface area contributed by atoms with E-state index in [1.54, 1.807) is 61.5 Å². The summed E-state index contributed by atoms with van der Waals surface area (Å²) in [4.78, 5) is 38.4. The number of amides is 1. The average molecular weight is 494 g/mol. The normalized spacial score (nSPS) is 11.7. The van der Waals surface area contributed by atoms with E-state index in [1.165, 1.54) is 0 Å². The van der Waals surface area contributed by atoms with Gasteiger partial charge in [-0.15, -0.1) is 0 Å². The Labute approximate surface area is 212 Å². The zero-order chi connectivity index (χ0) is 25.8. The maximum absolute atomic E-state index is 13.3. The van der Waals surface area contributed by atoms with Crippen LogP contribution in [0.4, 0.5) is 4.79 Å². The number of aryl methyl sites for hydroxylation is 1. The monoisotopic (exact) mass is 493 g/mol. The molecule has 0 saturated carbocycles. The topological polar surface area (TPSA) is 94.8 Å². The first kappa shape index (κ1) is 23.8. The highest BCUT2D eigenvalue weighted by molar-refractivity contribution is 6.05. The Morgan fingerprint density at radius 3 is 2.19 bits per heavy atom. The van der Waals surface area contributed by atoms with Crippen molar-refractivity contribution in [2.24, 2.45) is 0 Å². The summed E-state index contributed by atoms with van der Waals surface area (Å²) < 4.78 is 16.6. The molecule has 1 aromatic heterocycles. The number of alkyl carbamates (subject to hydrolysis) is 1. The fourth-order valence-electron chi connectivity index (χ4n) is 4.15. The Morgan fingerprint density at radius 1 is 0.811 bits per heavy atom. The molecule has 0 bridgehead atoms. The van der Waals surface area contributed by atoms with Crippen LogP contribution in [-0.4, -0.2) is 12.1 Å². The van der Waals surface area contributed by atoms with E-state index in [2.05, 4.69) is 5.32 Å². The van der Waals surface area contributed by atoms with Gasteiger partial charge in [-0.1, -0.05) is 78.9 Å². The first-order valence-electron chi connectivity index (χ1n) is 11.7. The van der Waals surface area contributed by atoms with Crippen molar-refractivity contribution >= 4 is 33.8 Å². The largest absolute Gasteiger partial charge is 0.445 e. The highest BCUT2D eigenvalue weighted by atomic mass is 16.6. The Hall–Kier alpha value is -4.91. The Kier molecular flexibility index (Phi) is 6.68. The smallest absolute Gasteiger partial charge is 0.408 e. The van der Waals surface area contributed by atoms with Gasteiger partial charge in [0.2, 0.25) is 0 Å². The number of benzene rings is 4. The highest BCUT2D eigenvalue weighted by Crippen LogP contribution is 2.31. The molecular weight excluding hydrogens is 470 g/mol. The molecule has 7 heteroatoms. The van der Waals surface area contributed by atoms with Gasteiger partial charge in [0.05, 0.1) is 5.39 Å². The molecule has 0 saturated heterocycles. The van der Waals surface area contributed by atoms with Crippen LogP contribution in [0.2, 0.25) is 0 Å². The number of hydrogen-bond donors (Lipinski definition) is 1. The van der Waals surface area contributed by atoms with Crippen LogP contribution < -0.4 is 15.7 Å². The summed E-state index contributed by atoms with van der Waals surface area (Å²) in [5, 5.41) is 4.56. The molecular formula is C30H23NO6. The zero-order valence-corrected chi connectivity index (χ0v) is 20.0. The number of carbonyl (C=O) groups is 2. The number of nitrogens with one attached hydrogen (secondary N) is 1. The van der Waals surface area contributed by atoms with Crippen LogP contribution >= 0.6 is 0 Å². The molecule has 7 nitrogen and oxygen atoms in total. The molecule has 0 spiro atoms. The van der Waals surface area contributed by atoms with Crippen molar-refractivity contribution in [1.29, 1.82) is 0 Å². The molecule has 0 radical (unpaired) electrons. The second-order valence-electron chi connectivity index (χ2n) is 8.47. The average Bonchev–Trinajstić information content (AvgIpc) is 2.93. The Bertz CT molecular complexity index is 1640. The summed E-state index contributed by atoms with van der Waals surface area (Å²) in [6.45, 7) is 1.77. The molecule has 184 valence electrons. The summed E-state index contributed by atoms with van der Waals surface area (Å²) in [6.07, 6.45) is -0.762. The third-order valence-corrected chi connectivity index (χ3v) is 6.04. The maximum Gasteiger partial charge on any atom is 0.408 e. The lowest BCUT2D eigenvalue weighted by Crippen LogP contribution is -2.36. The van der Waals surface area contributed by atoms with Crippen LogP contribution in [0.5, 0.6) is 5.75 Å². The molecule has 5 rings (SSSR count). The standard InChI is InChI=1S/C30H23NO6/c1-19-25(17-16-23-22-14-8-9-15-24(22)28(32)37-27(19)23)36-29(33)26(21-12-6-3-7-13-21)31-30(34)35-18-20-10-4-2-5-11-20/h2-17,26H,18H2,1H3,(H,31,34)/t26-/m1/s1. The van der Waals surface area contributed by atoms with Crippen LogP contribution in [-0.2, 0) is 16.1 Å². The molecule has 4 aromatic carbocycles. The van der Waals surface area contributed by atoms with E-state index >= 15 is 0 Å². The van der Waals surface area contributed by atoms with Gasteiger partial charge >= 0.3 is 17.7 Å². The highest BCUT2D eigenvalue weighted by Gasteiger charge is 2.26. The molecule has 1 N–H and O–H groups in total. The summed E-state index contributed by atoms with van der Waals surface area (Å²) in [7, 11) is 0. The van der Waals surface area contributed by atoms with Crippen molar-refractivity contribution in [3.8, 4) is 5.75 Å². The quantitative estimate of drug-likeness (QED) is 0.138. The van der Waals surface area contributed by atoms with E-state index in [0.29, 0.717) is 22.1 Å². The lowest BCUT2D eigenvalue weighted by molar-refractivity contribution is -0.136. The predicted octanol–water partition coefficient (Wildman–Crippen LogP) is 5.83. The number of ether oxygens (including phenoxy) is 2. The van der Waals surface area contributed by atoms with Crippen molar-refractivity contribution in [2.75, 3.05) is 0 Å². The van der Waals surface area contributed by atoms with Gasteiger partial charge in [-0.05, 0) is 41.6 Å². The van der Waals surface area contributed by atoms with Gasteiger partial charge in [-0.3, -0.25) is 0 Å². The number of fused-ring (bicyclic) bond motifs is 3. The number of hydrogen-bond acceptors (Lipinski definition) is 6. The van der Waals surface area contributed by atoms with Gasteiger partial charge < -0.3 is 19.2 Å². The second-order valence-corrected chi connectivity index (χ2v) is 8.47. The van der Waals surface area contributed by atoms with Crippen molar-refractivity contribution < 1.29 is 23.5 Å². The SMILES string of the molecule is Cc1c(OC(=O)[C@H](NC(=O)OCc2ccccc2)c2ccccc2)ccc2c1oc(=O)c1ccccc12. The predicted molar refractivity (Wildman–Crippen MR) is 139 cm³/mol. The molecule has 1 heterocycles. The van der Waals surface area contributed by atoms with Gasteiger partial charge in [0.25, 0.3) is 0 Å². The molecule has 1 amide bonds. The molecule has 0 aliphatic carbocycles. The van der Waals surface area contributed by atoms with E-state index in [9.17, 15) is 14.4 Å². The molecule has 0 unspecified atom stereocenters. The zero-order valence-electron chi connectivity index (χ0n) is 20.0. The van der Waals surface area contributed by atoms with Crippen molar-refractivity contribution in [3.05, 3.63) is 124 Å². The van der Waals surface area contributed by atoms with Crippen LogP contribution in [0, 0.1) is 6.92 Å². The lowest BCUT2D eigenvalue weighted by atomic mass is 10.0. The van der Waals surface area contributed by atoms with Crippen molar-refractivity contribution in [3.63, 3.8) is 0 Å². The maximum atomic E-state index is 13.3. The van der Waals surface area contributed by atoms with Gasteiger partial charge in [0.1, 0.15) is 17.9 Å². The summed E-state index contributed by atoms with van der Waals surface area (Å²) in [5.74, 6) is -0.496. The molecule has 0 aliphatic rings. The minimum absolute atomic E-state index is 0.0556. The van der Waals surface area contributed by atoms with Crippen LogP contribution in [0.15, 0.2) is 106 Å². The molecule has 0 fully saturated rings. The fraction of sp³-hybridized carbons (Fsp3) is 0.100. The molecule has 5 aromatic rings. The fourth-order valence-corrected chi connectivity index (χ4v) is 4.15. The summed E-state index contributed by atoms with van der Waals surface area (Å²) in [5.41, 5.74) is 1.70. The van der Waals surface area contributed by atoms with Gasteiger partial charge in [-0.25, -0.2) is 14.4 Å². The minimum atomic E-state index is -1.12. The van der Waals surface area contributed by atoms with E-state index in [-0.39, 0.29) is 12.4 Å². The van der Waals surface area contributed by atoms with Crippen molar-refractivity contribution in [1.82, 2.24) is 5.32 Å². The first-order chi connectivity index (χ1) is 18.0. The molecule has 37 heavy (non-hydrogen) atoms. The first-order valence-corrected chi connectivity index (χ1v) is 11.7. The second kappa shape index (κ2) is 10.4. The van der Waals surface area contributed by atoms with Crippen molar-refractivity contribution in [2.45, 2.75) is 19.6 Å². The number of rotatable bonds is 6. The van der Waals surface area contributed by atoms with E-state index in [4.69, 9.17) is 13.9 Å². The third kappa shape index (κ3) is 5.06. The van der Waals surface area contributed by atoms with E-state index < -0.39 is 23.7 Å². The van der Waals surface area contributed by atoms with E-state index in [1.807, 2.05) is 42.5 Å². The molecule has 0 aliphatic heterocycles. The van der Waals surface area contributed by atoms with Gasteiger partial charge in [0, 0.05) is 10.9 Å². The number of carbonyl (C=O) groups excluding carboxylic acids is 2. The van der Waals surface area contributed by atoms with Gasteiger partial charge in [0.15, 0.2) is 6.04 Å². The van der Waals surface area contributed by atoms with Gasteiger partial charge in [-0.2, -0.15) is 0 Å².